The molecule has 0 spiro atoms. The van der Waals surface area contributed by atoms with Crippen LogP contribution < -0.4 is 15.4 Å². The quantitative estimate of drug-likeness (QED) is 0.876. The van der Waals surface area contributed by atoms with E-state index in [0.29, 0.717) is 5.75 Å². The fraction of sp³-hybridized carbons (Fsp3) is 0.267. The Labute approximate surface area is 134 Å². The van der Waals surface area contributed by atoms with Crippen LogP contribution in [0.25, 0.3) is 0 Å². The molecule has 24 heavy (non-hydrogen) atoms. The minimum Gasteiger partial charge on any atom is -0.497 e. The minimum absolute atomic E-state index is 0.117. The second kappa shape index (κ2) is 5.88. The number of rotatable bonds is 3. The van der Waals surface area contributed by atoms with Gasteiger partial charge in [0.25, 0.3) is 17.4 Å². The highest BCUT2D eigenvalue weighted by Gasteiger charge is 2.67. The average Bonchev–Trinajstić information content (AvgIpc) is 2.77. The predicted molar refractivity (Wildman–Crippen MR) is 75.7 cm³/mol. The van der Waals surface area contributed by atoms with Crippen LogP contribution in [-0.4, -0.2) is 30.6 Å². The van der Waals surface area contributed by atoms with E-state index in [-0.39, 0.29) is 11.3 Å². The maximum absolute atomic E-state index is 13.6. The first-order chi connectivity index (χ1) is 11.2. The van der Waals surface area contributed by atoms with Crippen LogP contribution in [0.1, 0.15) is 17.3 Å². The highest BCUT2D eigenvalue weighted by molar-refractivity contribution is 6.04. The van der Waals surface area contributed by atoms with Crippen LogP contribution in [0.15, 0.2) is 35.5 Å². The third kappa shape index (κ3) is 2.56. The molecule has 0 bridgehead atoms. The van der Waals surface area contributed by atoms with Gasteiger partial charge in [-0.1, -0.05) is 0 Å². The lowest BCUT2D eigenvalue weighted by atomic mass is 9.90. The van der Waals surface area contributed by atoms with E-state index in [0.717, 1.165) is 6.92 Å². The Morgan fingerprint density at radius 3 is 2.38 bits per heavy atom. The summed E-state index contributed by atoms with van der Waals surface area (Å²) in [6, 6.07) is 6.62. The smallest absolute Gasteiger partial charge is 0.425 e. The predicted octanol–water partition coefficient (Wildman–Crippen LogP) is 1.65. The van der Waals surface area contributed by atoms with Gasteiger partial charge >= 0.3 is 6.18 Å². The van der Waals surface area contributed by atoms with Crippen LogP contribution in [0, 0.1) is 11.3 Å². The number of nitriles is 1. The molecule has 0 saturated heterocycles. The molecular formula is C15H12F3N3O3. The standard InChI is InChI=1S/C15H12F3N3O3/c1-8-11(7-19)14(13(23)20-8,15(16,17)18)21-12(22)9-3-5-10(24-2)6-4-9/h3-6H,1-2H3,(H,20,23)(H,21,22)/t14-/m0/s1. The van der Waals surface area contributed by atoms with E-state index < -0.39 is 29.1 Å². The molecule has 2 N–H and O–H groups in total. The van der Waals surface area contributed by atoms with Crippen molar-refractivity contribution < 1.29 is 27.5 Å². The summed E-state index contributed by atoms with van der Waals surface area (Å²) in [6.07, 6.45) is -5.19. The molecule has 1 aliphatic rings. The summed E-state index contributed by atoms with van der Waals surface area (Å²) in [5.74, 6) is -2.26. The molecule has 1 atom stereocenters. The number of methoxy groups -OCH3 is 1. The molecule has 1 aliphatic heterocycles. The first kappa shape index (κ1) is 17.3. The summed E-state index contributed by atoms with van der Waals surface area (Å²) in [5.41, 5.74) is -4.67. The second-order valence-corrected chi connectivity index (χ2v) is 5.00. The normalized spacial score (nSPS) is 20.4. The van der Waals surface area contributed by atoms with Gasteiger partial charge in [0.15, 0.2) is 0 Å². The number of ether oxygens (including phenoxy) is 1. The second-order valence-electron chi connectivity index (χ2n) is 5.00. The van der Waals surface area contributed by atoms with Crippen LogP contribution in [0.3, 0.4) is 0 Å². The van der Waals surface area contributed by atoms with Gasteiger partial charge in [0, 0.05) is 11.3 Å². The molecule has 1 aromatic rings. The Bertz CT molecular complexity index is 763. The molecule has 0 aromatic heterocycles. The Morgan fingerprint density at radius 1 is 1.33 bits per heavy atom. The number of nitrogens with zero attached hydrogens (tertiary/aromatic N) is 1. The average molecular weight is 339 g/mol. The zero-order valence-corrected chi connectivity index (χ0v) is 12.6. The van der Waals surface area contributed by atoms with Gasteiger partial charge in [-0.3, -0.25) is 9.59 Å². The number of halogens is 3. The summed E-state index contributed by atoms with van der Waals surface area (Å²) in [6.45, 7) is 1.16. The summed E-state index contributed by atoms with van der Waals surface area (Å²) in [4.78, 5) is 24.1. The summed E-state index contributed by atoms with van der Waals surface area (Å²) in [7, 11) is 1.39. The maximum atomic E-state index is 13.6. The molecule has 126 valence electrons. The van der Waals surface area contributed by atoms with E-state index in [1.807, 2.05) is 5.32 Å². The Morgan fingerprint density at radius 2 is 1.92 bits per heavy atom. The van der Waals surface area contributed by atoms with Crippen molar-refractivity contribution in [1.82, 2.24) is 10.6 Å². The summed E-state index contributed by atoms with van der Waals surface area (Å²) < 4.78 is 45.7. The third-order valence-electron chi connectivity index (χ3n) is 3.58. The highest BCUT2D eigenvalue weighted by Crippen LogP contribution is 2.40. The molecule has 0 aliphatic carbocycles. The molecule has 0 unspecified atom stereocenters. The number of carbonyl (C=O) groups excluding carboxylic acids is 2. The highest BCUT2D eigenvalue weighted by atomic mass is 19.4. The van der Waals surface area contributed by atoms with Crippen molar-refractivity contribution >= 4 is 11.8 Å². The van der Waals surface area contributed by atoms with Crippen molar-refractivity contribution in [3.05, 3.63) is 41.1 Å². The number of hydrogen-bond acceptors (Lipinski definition) is 4. The lowest BCUT2D eigenvalue weighted by Gasteiger charge is -2.30. The molecule has 0 radical (unpaired) electrons. The fourth-order valence-corrected chi connectivity index (χ4v) is 2.33. The lowest BCUT2D eigenvalue weighted by Crippen LogP contribution is -2.64. The number of alkyl halides is 3. The van der Waals surface area contributed by atoms with Gasteiger partial charge in [-0.2, -0.15) is 18.4 Å². The lowest BCUT2D eigenvalue weighted by molar-refractivity contribution is -0.184. The van der Waals surface area contributed by atoms with Crippen LogP contribution in [0.5, 0.6) is 5.75 Å². The number of allylic oxidation sites excluding steroid dienone is 1. The van der Waals surface area contributed by atoms with Crippen molar-refractivity contribution in [2.75, 3.05) is 7.11 Å². The van der Waals surface area contributed by atoms with Gasteiger partial charge in [-0.15, -0.1) is 0 Å². The molecule has 0 fully saturated rings. The first-order valence-electron chi connectivity index (χ1n) is 6.63. The third-order valence-corrected chi connectivity index (χ3v) is 3.58. The van der Waals surface area contributed by atoms with Crippen LogP contribution in [0.2, 0.25) is 0 Å². The van der Waals surface area contributed by atoms with Crippen molar-refractivity contribution in [3.63, 3.8) is 0 Å². The van der Waals surface area contributed by atoms with Crippen molar-refractivity contribution in [2.24, 2.45) is 0 Å². The van der Waals surface area contributed by atoms with Crippen LogP contribution in [-0.2, 0) is 4.79 Å². The number of benzene rings is 1. The molecule has 6 nitrogen and oxygen atoms in total. The van der Waals surface area contributed by atoms with E-state index in [1.165, 1.54) is 37.4 Å². The van der Waals surface area contributed by atoms with E-state index >= 15 is 0 Å². The largest absolute Gasteiger partial charge is 0.497 e. The van der Waals surface area contributed by atoms with Crippen LogP contribution >= 0.6 is 0 Å². The van der Waals surface area contributed by atoms with Gasteiger partial charge in [0.1, 0.15) is 5.75 Å². The first-order valence-corrected chi connectivity index (χ1v) is 6.63. The van der Waals surface area contributed by atoms with E-state index in [2.05, 4.69) is 0 Å². The van der Waals surface area contributed by atoms with Gasteiger partial charge in [-0.25, -0.2) is 0 Å². The number of carbonyl (C=O) groups is 2. The summed E-state index contributed by atoms with van der Waals surface area (Å²) >= 11 is 0. The van der Waals surface area contributed by atoms with Gasteiger partial charge in [-0.05, 0) is 31.2 Å². The van der Waals surface area contributed by atoms with E-state index in [1.54, 1.807) is 5.32 Å². The number of hydrogen-bond donors (Lipinski definition) is 2. The van der Waals surface area contributed by atoms with Crippen molar-refractivity contribution in [1.29, 1.82) is 5.26 Å². The molecule has 1 aromatic carbocycles. The van der Waals surface area contributed by atoms with E-state index in [4.69, 9.17) is 10.00 Å². The molecule has 9 heteroatoms. The fourth-order valence-electron chi connectivity index (χ4n) is 2.33. The zero-order chi connectivity index (χ0) is 18.1. The minimum atomic E-state index is -5.19. The van der Waals surface area contributed by atoms with Gasteiger partial charge in [0.05, 0.1) is 18.8 Å². The Balaban J connectivity index is 2.46. The van der Waals surface area contributed by atoms with Crippen LogP contribution in [0.4, 0.5) is 13.2 Å². The number of amides is 2. The monoisotopic (exact) mass is 339 g/mol. The van der Waals surface area contributed by atoms with Gasteiger partial charge < -0.3 is 15.4 Å². The van der Waals surface area contributed by atoms with Gasteiger partial charge in [0.2, 0.25) is 0 Å². The molecule has 1 heterocycles. The Hall–Kier alpha value is -3.02. The van der Waals surface area contributed by atoms with Crippen molar-refractivity contribution in [3.8, 4) is 11.8 Å². The van der Waals surface area contributed by atoms with E-state index in [9.17, 15) is 22.8 Å². The number of nitrogens with one attached hydrogen (secondary N) is 2. The topological polar surface area (TPSA) is 91.2 Å². The molecule has 0 saturated carbocycles. The Kier molecular flexibility index (Phi) is 4.25. The summed E-state index contributed by atoms with van der Waals surface area (Å²) in [5, 5.41) is 12.7. The zero-order valence-electron chi connectivity index (χ0n) is 12.6. The molecular weight excluding hydrogens is 327 g/mol. The maximum Gasteiger partial charge on any atom is 0.425 e. The van der Waals surface area contributed by atoms with Crippen molar-refractivity contribution in [2.45, 2.75) is 18.6 Å². The molecule has 2 rings (SSSR count). The molecule has 2 amide bonds. The SMILES string of the molecule is COc1ccc(C(=O)N[C@]2(C(F)(F)F)C(=O)NC(C)=C2C#N)cc1.